The van der Waals surface area contributed by atoms with Gasteiger partial charge in [0.25, 0.3) is 0 Å². The predicted molar refractivity (Wildman–Crippen MR) is 126 cm³/mol. The van der Waals surface area contributed by atoms with Crippen LogP contribution in [0.1, 0.15) is 5.56 Å². The van der Waals surface area contributed by atoms with Crippen LogP contribution in [0.4, 0.5) is 5.69 Å². The van der Waals surface area contributed by atoms with Gasteiger partial charge >= 0.3 is 0 Å². The first-order valence-corrected chi connectivity index (χ1v) is 9.47. The topological polar surface area (TPSA) is 83.6 Å². The maximum absolute atomic E-state index is 12.6. The van der Waals surface area contributed by atoms with E-state index in [2.05, 4.69) is 32.6 Å². The first kappa shape index (κ1) is 21.8. The normalized spacial score (nSPS) is 14.6. The SMILES string of the molecule is CN=C(NCc1ccc(-n2cccn2)cc1)N1CCN(c2cnn(C)c2)C(=O)C1.I. The summed E-state index contributed by atoms with van der Waals surface area (Å²) < 4.78 is 3.52. The molecule has 3 aromatic rings. The molecular formula is C20H25IN8O. The highest BCUT2D eigenvalue weighted by molar-refractivity contribution is 14.0. The summed E-state index contributed by atoms with van der Waals surface area (Å²) in [5.74, 6) is 0.760. The molecule has 0 radical (unpaired) electrons. The quantitative estimate of drug-likeness (QED) is 0.322. The Hall–Kier alpha value is -2.89. The Bertz CT molecular complexity index is 996. The number of piperazine rings is 1. The van der Waals surface area contributed by atoms with Crippen molar-refractivity contribution in [1.82, 2.24) is 29.8 Å². The van der Waals surface area contributed by atoms with Gasteiger partial charge in [0.2, 0.25) is 5.91 Å². The molecule has 0 saturated carbocycles. The molecule has 1 aliphatic rings. The zero-order chi connectivity index (χ0) is 20.2. The number of anilines is 1. The Morgan fingerprint density at radius 2 is 1.97 bits per heavy atom. The molecule has 1 N–H and O–H groups in total. The number of carbonyl (C=O) groups excluding carboxylic acids is 1. The molecule has 1 aromatic carbocycles. The highest BCUT2D eigenvalue weighted by atomic mass is 127. The van der Waals surface area contributed by atoms with Crippen molar-refractivity contribution in [2.75, 3.05) is 31.6 Å². The van der Waals surface area contributed by atoms with Gasteiger partial charge in [0, 0.05) is 52.3 Å². The van der Waals surface area contributed by atoms with Gasteiger partial charge < -0.3 is 15.1 Å². The van der Waals surface area contributed by atoms with Crippen LogP contribution in [0, 0.1) is 0 Å². The highest BCUT2D eigenvalue weighted by Crippen LogP contribution is 2.16. The van der Waals surface area contributed by atoms with Crippen LogP contribution < -0.4 is 10.2 Å². The number of aryl methyl sites for hydroxylation is 1. The lowest BCUT2D eigenvalue weighted by atomic mass is 10.2. The maximum atomic E-state index is 12.6. The van der Waals surface area contributed by atoms with Crippen LogP contribution in [0.5, 0.6) is 0 Å². The fraction of sp³-hybridized carbons (Fsp3) is 0.300. The van der Waals surface area contributed by atoms with Gasteiger partial charge in [-0.05, 0) is 23.8 Å². The molecule has 10 heteroatoms. The van der Waals surface area contributed by atoms with E-state index < -0.39 is 0 Å². The summed E-state index contributed by atoms with van der Waals surface area (Å²) in [6.45, 7) is 2.22. The number of guanidine groups is 1. The van der Waals surface area contributed by atoms with Crippen LogP contribution in [0.15, 0.2) is 60.1 Å². The van der Waals surface area contributed by atoms with Crippen molar-refractivity contribution in [2.45, 2.75) is 6.54 Å². The number of halogens is 1. The van der Waals surface area contributed by atoms with Crippen molar-refractivity contribution in [3.05, 3.63) is 60.7 Å². The summed E-state index contributed by atoms with van der Waals surface area (Å²) in [6, 6.07) is 10.1. The zero-order valence-electron chi connectivity index (χ0n) is 17.0. The minimum absolute atomic E-state index is 0. The highest BCUT2D eigenvalue weighted by Gasteiger charge is 2.27. The van der Waals surface area contributed by atoms with Gasteiger partial charge in [0.05, 0.1) is 17.6 Å². The number of nitrogens with one attached hydrogen (secondary N) is 1. The first-order valence-electron chi connectivity index (χ1n) is 9.47. The van der Waals surface area contributed by atoms with E-state index in [0.717, 1.165) is 22.9 Å². The Balaban J connectivity index is 0.00000256. The zero-order valence-corrected chi connectivity index (χ0v) is 19.3. The molecular weight excluding hydrogens is 495 g/mol. The van der Waals surface area contributed by atoms with Crippen molar-refractivity contribution < 1.29 is 4.79 Å². The van der Waals surface area contributed by atoms with Gasteiger partial charge in [-0.3, -0.25) is 14.5 Å². The molecule has 3 heterocycles. The van der Waals surface area contributed by atoms with Crippen LogP contribution in [0.2, 0.25) is 0 Å². The third kappa shape index (κ3) is 4.81. The van der Waals surface area contributed by atoms with E-state index in [9.17, 15) is 4.79 Å². The number of nitrogens with zero attached hydrogens (tertiary/aromatic N) is 7. The molecule has 2 aromatic heterocycles. The summed E-state index contributed by atoms with van der Waals surface area (Å²) >= 11 is 0. The lowest BCUT2D eigenvalue weighted by Crippen LogP contribution is -2.55. The van der Waals surface area contributed by atoms with Crippen molar-refractivity contribution in [3.8, 4) is 5.69 Å². The van der Waals surface area contributed by atoms with Crippen molar-refractivity contribution in [2.24, 2.45) is 12.0 Å². The molecule has 0 unspecified atom stereocenters. The average molecular weight is 520 g/mol. The van der Waals surface area contributed by atoms with Crippen LogP contribution in [0.3, 0.4) is 0 Å². The van der Waals surface area contributed by atoms with Gasteiger partial charge in [-0.1, -0.05) is 12.1 Å². The van der Waals surface area contributed by atoms with E-state index in [4.69, 9.17) is 0 Å². The summed E-state index contributed by atoms with van der Waals surface area (Å²) in [5.41, 5.74) is 2.97. The van der Waals surface area contributed by atoms with Gasteiger partial charge in [-0.2, -0.15) is 10.2 Å². The van der Waals surface area contributed by atoms with E-state index in [-0.39, 0.29) is 36.4 Å². The number of amides is 1. The smallest absolute Gasteiger partial charge is 0.246 e. The van der Waals surface area contributed by atoms with Crippen molar-refractivity contribution in [3.63, 3.8) is 0 Å². The molecule has 158 valence electrons. The lowest BCUT2D eigenvalue weighted by Gasteiger charge is -2.35. The first-order chi connectivity index (χ1) is 14.1. The standard InChI is InChI=1S/C20H24N8O.HI/c1-21-20(22-12-16-4-6-17(7-5-16)28-9-3-8-23-28)26-10-11-27(19(29)15-26)18-13-24-25(2)14-18;/h3-9,13-14H,10-12,15H2,1-2H3,(H,21,22);1H. The number of carbonyl (C=O) groups is 1. The van der Waals surface area contributed by atoms with Crippen molar-refractivity contribution >= 4 is 41.5 Å². The minimum atomic E-state index is 0. The number of aromatic nitrogens is 4. The van der Waals surface area contributed by atoms with E-state index in [1.54, 1.807) is 29.0 Å². The average Bonchev–Trinajstić information content (AvgIpc) is 3.41. The van der Waals surface area contributed by atoms with E-state index in [1.165, 1.54) is 0 Å². The predicted octanol–water partition coefficient (Wildman–Crippen LogP) is 1.65. The fourth-order valence-electron chi connectivity index (χ4n) is 3.38. The van der Waals surface area contributed by atoms with E-state index >= 15 is 0 Å². The molecule has 0 spiro atoms. The van der Waals surface area contributed by atoms with E-state index in [1.807, 2.05) is 47.2 Å². The Labute approximate surface area is 192 Å². The van der Waals surface area contributed by atoms with Gasteiger partial charge in [0.1, 0.15) is 6.54 Å². The number of hydrogen-bond donors (Lipinski definition) is 1. The van der Waals surface area contributed by atoms with Gasteiger partial charge in [-0.15, -0.1) is 24.0 Å². The summed E-state index contributed by atoms with van der Waals surface area (Å²) in [5, 5.41) is 11.7. The second-order valence-corrected chi connectivity index (χ2v) is 6.86. The summed E-state index contributed by atoms with van der Waals surface area (Å²) in [6.07, 6.45) is 7.24. The van der Waals surface area contributed by atoms with Crippen molar-refractivity contribution in [1.29, 1.82) is 0 Å². The van der Waals surface area contributed by atoms with Crippen LogP contribution in [-0.4, -0.2) is 63.0 Å². The molecule has 1 saturated heterocycles. The Kier molecular flexibility index (Phi) is 7.08. The Morgan fingerprint density at radius 1 is 1.17 bits per heavy atom. The number of benzene rings is 1. The monoisotopic (exact) mass is 520 g/mol. The van der Waals surface area contributed by atoms with Crippen LogP contribution in [0.25, 0.3) is 5.69 Å². The summed E-state index contributed by atoms with van der Waals surface area (Å²) in [4.78, 5) is 20.7. The largest absolute Gasteiger partial charge is 0.352 e. The lowest BCUT2D eigenvalue weighted by molar-refractivity contribution is -0.120. The van der Waals surface area contributed by atoms with Crippen LogP contribution in [-0.2, 0) is 18.4 Å². The second kappa shape index (κ2) is 9.74. The number of hydrogen-bond acceptors (Lipinski definition) is 4. The second-order valence-electron chi connectivity index (χ2n) is 6.86. The summed E-state index contributed by atoms with van der Waals surface area (Å²) in [7, 11) is 3.58. The molecule has 1 fully saturated rings. The van der Waals surface area contributed by atoms with Gasteiger partial charge in [-0.25, -0.2) is 4.68 Å². The number of rotatable bonds is 4. The minimum Gasteiger partial charge on any atom is -0.352 e. The molecule has 30 heavy (non-hydrogen) atoms. The maximum Gasteiger partial charge on any atom is 0.246 e. The van der Waals surface area contributed by atoms with Crippen LogP contribution >= 0.6 is 24.0 Å². The molecule has 0 atom stereocenters. The molecule has 9 nitrogen and oxygen atoms in total. The molecule has 1 aliphatic heterocycles. The third-order valence-corrected chi connectivity index (χ3v) is 4.89. The molecule has 4 rings (SSSR count). The van der Waals surface area contributed by atoms with E-state index in [0.29, 0.717) is 19.6 Å². The number of aliphatic imine (C=N–C) groups is 1. The van der Waals surface area contributed by atoms with Gasteiger partial charge in [0.15, 0.2) is 5.96 Å². The Morgan fingerprint density at radius 3 is 2.57 bits per heavy atom. The fourth-order valence-corrected chi connectivity index (χ4v) is 3.38. The molecule has 1 amide bonds. The third-order valence-electron chi connectivity index (χ3n) is 4.89. The molecule has 0 bridgehead atoms. The molecule has 0 aliphatic carbocycles.